The minimum atomic E-state index is -1.88. The van der Waals surface area contributed by atoms with Crippen LogP contribution in [0.3, 0.4) is 0 Å². The number of aliphatic hydroxyl groups excluding tert-OH is 6. The lowest BCUT2D eigenvalue weighted by Crippen LogP contribution is -2.64. The molecule has 15 heteroatoms. The summed E-state index contributed by atoms with van der Waals surface area (Å²) in [5.41, 5.74) is 0.434. The van der Waals surface area contributed by atoms with Crippen molar-refractivity contribution in [2.45, 2.75) is 88.6 Å². The number of methoxy groups -OCH3 is 1. The van der Waals surface area contributed by atoms with Crippen LogP contribution in [0.25, 0.3) is 22.3 Å². The molecular formula is C33H40O15. The number of hydrogen-bond donors (Lipinski definition) is 8. The third-order valence-electron chi connectivity index (χ3n) is 8.41. The fourth-order valence-electron chi connectivity index (χ4n) is 5.61. The molecule has 0 unspecified atom stereocenters. The van der Waals surface area contributed by atoms with Crippen LogP contribution in [0.15, 0.2) is 51.2 Å². The molecule has 2 fully saturated rings. The smallest absolute Gasteiger partial charge is 0.239 e. The van der Waals surface area contributed by atoms with Crippen molar-refractivity contribution in [2.75, 3.05) is 13.7 Å². The molecule has 0 aliphatic carbocycles. The Morgan fingerprint density at radius 2 is 1.58 bits per heavy atom. The van der Waals surface area contributed by atoms with Crippen LogP contribution in [0.4, 0.5) is 0 Å². The van der Waals surface area contributed by atoms with Gasteiger partial charge in [-0.25, -0.2) is 0 Å². The van der Waals surface area contributed by atoms with Gasteiger partial charge in [0.2, 0.25) is 17.5 Å². The number of fused-ring (bicyclic) bond motifs is 1. The van der Waals surface area contributed by atoms with Gasteiger partial charge in [0.1, 0.15) is 64.8 Å². The van der Waals surface area contributed by atoms with E-state index < -0.39 is 84.9 Å². The summed E-state index contributed by atoms with van der Waals surface area (Å²) in [5, 5.41) is 83.7. The first kappa shape index (κ1) is 35.5. The summed E-state index contributed by atoms with van der Waals surface area (Å²) in [4.78, 5) is 14.3. The van der Waals surface area contributed by atoms with Crippen molar-refractivity contribution in [3.8, 4) is 34.3 Å². The average molecular weight is 677 g/mol. The van der Waals surface area contributed by atoms with E-state index in [4.69, 9.17) is 28.1 Å². The van der Waals surface area contributed by atoms with Gasteiger partial charge < -0.3 is 69.0 Å². The van der Waals surface area contributed by atoms with E-state index in [1.165, 1.54) is 14.0 Å². The van der Waals surface area contributed by atoms with Crippen molar-refractivity contribution in [3.05, 3.63) is 57.8 Å². The van der Waals surface area contributed by atoms with Crippen molar-refractivity contribution in [1.82, 2.24) is 0 Å². The third kappa shape index (κ3) is 6.74. The predicted octanol–water partition coefficient (Wildman–Crippen LogP) is 0.419. The highest BCUT2D eigenvalue weighted by Crippen LogP contribution is 2.41. The number of phenolic OH excluding ortho intramolecular Hbond substituents is 2. The number of allylic oxidation sites excluding steroid dienone is 2. The Kier molecular flexibility index (Phi) is 10.6. The molecule has 0 amide bonds. The molecule has 0 bridgehead atoms. The monoisotopic (exact) mass is 676 g/mol. The van der Waals surface area contributed by atoms with Gasteiger partial charge in [-0.3, -0.25) is 4.79 Å². The first-order valence-corrected chi connectivity index (χ1v) is 15.2. The molecule has 2 aliphatic rings. The van der Waals surface area contributed by atoms with E-state index in [2.05, 4.69) is 0 Å². The fraction of sp³-hybridized carbons (Fsp3) is 0.485. The SMILES string of the molecule is COc1ccc(-c2oc3c(CC=C(C)C)c(O)cc(O)c3c(=O)c2O[C@@H]2O[C@@H](C)[C@H](O)[C@@H](O)[C@H]2O[C@@H]2O[C@H](CO)[C@@H](O)[C@H](O)[C@H]2O)cc1. The zero-order chi connectivity index (χ0) is 35.0. The van der Waals surface area contributed by atoms with E-state index in [-0.39, 0.29) is 34.5 Å². The molecule has 0 saturated carbocycles. The highest BCUT2D eigenvalue weighted by molar-refractivity contribution is 5.91. The molecule has 262 valence electrons. The van der Waals surface area contributed by atoms with Crippen molar-refractivity contribution in [1.29, 1.82) is 0 Å². The van der Waals surface area contributed by atoms with Gasteiger partial charge in [-0.2, -0.15) is 0 Å². The molecule has 2 aliphatic heterocycles. The standard InChI is InChI=1S/C33H40O15/c1-13(2)5-10-17-18(35)11-19(36)21-24(39)30(28(46-29(17)21)15-6-8-16(43-4)9-7-15)47-33-31(26(41)22(37)14(3)44-33)48-32-27(42)25(40)23(38)20(12-34)45-32/h5-9,11,14,20,22-23,25-27,31-38,40-42H,10,12H2,1-4H3/t14-,20+,22-,23+,25-,26+,27+,31+,32-,33-/m0/s1. The van der Waals surface area contributed by atoms with Gasteiger partial charge in [-0.1, -0.05) is 11.6 Å². The van der Waals surface area contributed by atoms with Gasteiger partial charge in [0.25, 0.3) is 0 Å². The topological polar surface area (TPSA) is 238 Å². The Bertz CT molecular complexity index is 1680. The summed E-state index contributed by atoms with van der Waals surface area (Å²) in [7, 11) is 1.47. The molecule has 3 aromatic rings. The van der Waals surface area contributed by atoms with Crippen LogP contribution in [-0.2, 0) is 20.6 Å². The van der Waals surface area contributed by atoms with E-state index in [1.54, 1.807) is 30.3 Å². The Balaban J connectivity index is 1.65. The quantitative estimate of drug-likeness (QED) is 0.143. The zero-order valence-corrected chi connectivity index (χ0v) is 26.6. The number of hydrogen-bond acceptors (Lipinski definition) is 15. The predicted molar refractivity (Wildman–Crippen MR) is 167 cm³/mol. The summed E-state index contributed by atoms with van der Waals surface area (Å²) in [6, 6.07) is 7.34. The van der Waals surface area contributed by atoms with Gasteiger partial charge >= 0.3 is 0 Å². The van der Waals surface area contributed by atoms with Gasteiger partial charge in [0.15, 0.2) is 18.2 Å². The highest BCUT2D eigenvalue weighted by atomic mass is 16.8. The lowest BCUT2D eigenvalue weighted by molar-refractivity contribution is -0.355. The number of aromatic hydroxyl groups is 2. The molecule has 1 aromatic heterocycles. The molecule has 48 heavy (non-hydrogen) atoms. The average Bonchev–Trinajstić information content (AvgIpc) is 3.05. The minimum absolute atomic E-state index is 0.115. The summed E-state index contributed by atoms with van der Waals surface area (Å²) < 4.78 is 34.6. The molecule has 5 rings (SSSR count). The van der Waals surface area contributed by atoms with Crippen LogP contribution in [0.2, 0.25) is 0 Å². The van der Waals surface area contributed by atoms with E-state index in [1.807, 2.05) is 13.8 Å². The second kappa shape index (κ2) is 14.4. The molecule has 2 saturated heterocycles. The molecule has 0 radical (unpaired) electrons. The number of phenols is 2. The van der Waals surface area contributed by atoms with Crippen LogP contribution in [-0.4, -0.2) is 116 Å². The molecule has 3 heterocycles. The van der Waals surface area contributed by atoms with Crippen LogP contribution < -0.4 is 14.9 Å². The lowest BCUT2D eigenvalue weighted by Gasteiger charge is -2.45. The van der Waals surface area contributed by atoms with Gasteiger partial charge in [0, 0.05) is 17.2 Å². The normalized spacial score (nSPS) is 30.6. The Morgan fingerprint density at radius 3 is 2.21 bits per heavy atom. The molecule has 0 spiro atoms. The van der Waals surface area contributed by atoms with Crippen molar-refractivity contribution < 1.29 is 69.0 Å². The van der Waals surface area contributed by atoms with Crippen LogP contribution in [0.1, 0.15) is 26.3 Å². The number of rotatable bonds is 9. The maximum absolute atomic E-state index is 14.3. The second-order valence-corrected chi connectivity index (χ2v) is 12.0. The third-order valence-corrected chi connectivity index (χ3v) is 8.41. The van der Waals surface area contributed by atoms with E-state index in [9.17, 15) is 45.6 Å². The summed E-state index contributed by atoms with van der Waals surface area (Å²) in [5.74, 6) is -1.11. The fourth-order valence-corrected chi connectivity index (χ4v) is 5.61. The number of aliphatic hydroxyl groups is 6. The maximum Gasteiger partial charge on any atom is 0.239 e. The molecular weight excluding hydrogens is 636 g/mol. The van der Waals surface area contributed by atoms with Crippen molar-refractivity contribution in [2.24, 2.45) is 0 Å². The largest absolute Gasteiger partial charge is 0.507 e. The van der Waals surface area contributed by atoms with E-state index in [0.717, 1.165) is 11.6 Å². The second-order valence-electron chi connectivity index (χ2n) is 12.0. The Morgan fingerprint density at radius 1 is 0.896 bits per heavy atom. The van der Waals surface area contributed by atoms with Gasteiger partial charge in [-0.05, 0) is 51.5 Å². The Labute approximate surface area is 274 Å². The van der Waals surface area contributed by atoms with Crippen LogP contribution >= 0.6 is 0 Å². The van der Waals surface area contributed by atoms with E-state index in [0.29, 0.717) is 11.3 Å². The van der Waals surface area contributed by atoms with Crippen LogP contribution in [0, 0.1) is 0 Å². The number of benzene rings is 2. The molecule has 15 nitrogen and oxygen atoms in total. The summed E-state index contributed by atoms with van der Waals surface area (Å²) in [6.07, 6.45) is -14.4. The van der Waals surface area contributed by atoms with Crippen LogP contribution in [0.5, 0.6) is 23.0 Å². The number of ether oxygens (including phenoxy) is 5. The first-order valence-electron chi connectivity index (χ1n) is 15.2. The van der Waals surface area contributed by atoms with Crippen molar-refractivity contribution >= 4 is 11.0 Å². The Hall–Kier alpha value is -3.77. The van der Waals surface area contributed by atoms with Gasteiger partial charge in [0.05, 0.1) is 19.8 Å². The molecule has 10 atom stereocenters. The zero-order valence-electron chi connectivity index (χ0n) is 26.6. The maximum atomic E-state index is 14.3. The lowest BCUT2D eigenvalue weighted by atomic mass is 9.97. The summed E-state index contributed by atoms with van der Waals surface area (Å²) >= 11 is 0. The van der Waals surface area contributed by atoms with Gasteiger partial charge in [-0.15, -0.1) is 0 Å². The highest BCUT2D eigenvalue weighted by Gasteiger charge is 2.51. The molecule has 8 N–H and O–H groups in total. The van der Waals surface area contributed by atoms with Crippen molar-refractivity contribution in [3.63, 3.8) is 0 Å². The molecule has 2 aromatic carbocycles. The first-order chi connectivity index (χ1) is 22.8. The summed E-state index contributed by atoms with van der Waals surface area (Å²) in [6.45, 7) is 4.37. The van der Waals surface area contributed by atoms with E-state index >= 15 is 0 Å². The minimum Gasteiger partial charge on any atom is -0.507 e.